The number of hydrogen-bond donors (Lipinski definition) is 2. The second-order valence-electron chi connectivity index (χ2n) is 5.40. The second kappa shape index (κ2) is 9.24. The highest BCUT2D eigenvalue weighted by molar-refractivity contribution is 7.89. The Labute approximate surface area is 158 Å². The summed E-state index contributed by atoms with van der Waals surface area (Å²) in [6, 6.07) is 10.8. The summed E-state index contributed by atoms with van der Waals surface area (Å²) in [4.78, 5) is 12.3. The fourth-order valence-electron chi connectivity index (χ4n) is 2.28. The molecule has 1 amide bonds. The number of benzene rings is 2. The third kappa shape index (κ3) is 5.35. The summed E-state index contributed by atoms with van der Waals surface area (Å²) in [6.07, 6.45) is 0. The van der Waals surface area contributed by atoms with Crippen molar-refractivity contribution in [3.05, 3.63) is 48.0 Å². The van der Waals surface area contributed by atoms with Crippen LogP contribution in [0.5, 0.6) is 17.2 Å². The minimum absolute atomic E-state index is 0.0490. The van der Waals surface area contributed by atoms with Crippen molar-refractivity contribution < 1.29 is 27.4 Å². The van der Waals surface area contributed by atoms with E-state index in [1.807, 2.05) is 0 Å². The third-order valence-corrected chi connectivity index (χ3v) is 5.20. The first-order chi connectivity index (χ1) is 12.9. The van der Waals surface area contributed by atoms with Gasteiger partial charge >= 0.3 is 0 Å². The van der Waals surface area contributed by atoms with E-state index < -0.39 is 10.0 Å². The summed E-state index contributed by atoms with van der Waals surface area (Å²) in [6.45, 7) is 0.177. The third-order valence-electron chi connectivity index (χ3n) is 3.72. The molecule has 2 N–H and O–H groups in total. The van der Waals surface area contributed by atoms with E-state index in [4.69, 9.17) is 14.2 Å². The van der Waals surface area contributed by atoms with Gasteiger partial charge in [0.25, 0.3) is 5.91 Å². The molecule has 0 fully saturated rings. The Bertz CT molecular complexity index is 881. The molecule has 0 saturated carbocycles. The molecule has 0 heterocycles. The van der Waals surface area contributed by atoms with Crippen LogP contribution in [-0.2, 0) is 10.0 Å². The number of sulfonamides is 1. The predicted octanol–water partition coefficient (Wildman–Crippen LogP) is 1.42. The molecule has 146 valence electrons. The molecule has 0 atom stereocenters. The minimum Gasteiger partial charge on any atom is -0.497 e. The van der Waals surface area contributed by atoms with Gasteiger partial charge in [0.15, 0.2) is 11.5 Å². The lowest BCUT2D eigenvalue weighted by atomic mass is 10.2. The van der Waals surface area contributed by atoms with E-state index in [0.717, 1.165) is 0 Å². The van der Waals surface area contributed by atoms with Gasteiger partial charge in [0, 0.05) is 18.7 Å². The van der Waals surface area contributed by atoms with Gasteiger partial charge in [0.1, 0.15) is 5.75 Å². The largest absolute Gasteiger partial charge is 0.497 e. The number of hydrogen-bond acceptors (Lipinski definition) is 6. The van der Waals surface area contributed by atoms with Gasteiger partial charge < -0.3 is 19.5 Å². The van der Waals surface area contributed by atoms with E-state index in [-0.39, 0.29) is 23.9 Å². The Morgan fingerprint density at radius 3 is 2.15 bits per heavy atom. The molecular formula is C18H22N2O6S. The standard InChI is InChI=1S/C18H22N2O6S/c1-24-14-5-7-15(8-6-14)27(22,23)20-11-10-19-18(21)13-4-9-16(25-2)17(12-13)26-3/h4-9,12,20H,10-11H2,1-3H3,(H,19,21). The maximum Gasteiger partial charge on any atom is 0.251 e. The van der Waals surface area contributed by atoms with Gasteiger partial charge in [-0.1, -0.05) is 0 Å². The number of ether oxygens (including phenoxy) is 3. The zero-order valence-corrected chi connectivity index (χ0v) is 16.1. The molecule has 27 heavy (non-hydrogen) atoms. The summed E-state index contributed by atoms with van der Waals surface area (Å²) in [7, 11) is 0.828. The molecule has 9 heteroatoms. The van der Waals surface area contributed by atoms with Crippen LogP contribution in [0.25, 0.3) is 0 Å². The monoisotopic (exact) mass is 394 g/mol. The molecule has 0 unspecified atom stereocenters. The molecule has 0 aliphatic rings. The van der Waals surface area contributed by atoms with Crippen LogP contribution in [0.3, 0.4) is 0 Å². The van der Waals surface area contributed by atoms with Crippen LogP contribution < -0.4 is 24.2 Å². The first-order valence-corrected chi connectivity index (χ1v) is 9.53. The molecule has 0 radical (unpaired) electrons. The number of carbonyl (C=O) groups excluding carboxylic acids is 1. The molecule has 0 aliphatic heterocycles. The van der Waals surface area contributed by atoms with E-state index in [9.17, 15) is 13.2 Å². The lowest BCUT2D eigenvalue weighted by molar-refractivity contribution is 0.0954. The quantitative estimate of drug-likeness (QED) is 0.624. The van der Waals surface area contributed by atoms with Gasteiger partial charge in [-0.3, -0.25) is 4.79 Å². The van der Waals surface area contributed by atoms with E-state index in [1.54, 1.807) is 30.3 Å². The zero-order chi connectivity index (χ0) is 19.9. The van der Waals surface area contributed by atoms with Crippen LogP contribution in [0.15, 0.2) is 47.4 Å². The van der Waals surface area contributed by atoms with Crippen LogP contribution in [-0.4, -0.2) is 48.7 Å². The van der Waals surface area contributed by atoms with Crippen molar-refractivity contribution in [1.82, 2.24) is 10.0 Å². The lowest BCUT2D eigenvalue weighted by Gasteiger charge is -2.11. The maximum absolute atomic E-state index is 12.2. The van der Waals surface area contributed by atoms with E-state index in [2.05, 4.69) is 10.0 Å². The van der Waals surface area contributed by atoms with Gasteiger partial charge in [0.2, 0.25) is 10.0 Å². The summed E-state index contributed by atoms with van der Waals surface area (Å²) in [5, 5.41) is 2.65. The fraction of sp³-hybridized carbons (Fsp3) is 0.278. The molecule has 8 nitrogen and oxygen atoms in total. The summed E-state index contributed by atoms with van der Waals surface area (Å²) in [5.41, 5.74) is 0.380. The fourth-order valence-corrected chi connectivity index (χ4v) is 3.31. The molecule has 0 saturated heterocycles. The molecule has 2 aromatic rings. The molecule has 0 bridgehead atoms. The van der Waals surface area contributed by atoms with Gasteiger partial charge in [-0.15, -0.1) is 0 Å². The highest BCUT2D eigenvalue weighted by Gasteiger charge is 2.14. The Morgan fingerprint density at radius 1 is 0.889 bits per heavy atom. The number of nitrogens with one attached hydrogen (secondary N) is 2. The molecular weight excluding hydrogens is 372 g/mol. The Balaban J connectivity index is 1.89. The Kier molecular flexibility index (Phi) is 7.03. The van der Waals surface area contributed by atoms with Crippen LogP contribution in [0.4, 0.5) is 0 Å². The van der Waals surface area contributed by atoms with Crippen LogP contribution in [0.2, 0.25) is 0 Å². The van der Waals surface area contributed by atoms with Crippen LogP contribution >= 0.6 is 0 Å². The maximum atomic E-state index is 12.2. The zero-order valence-electron chi connectivity index (χ0n) is 15.3. The van der Waals surface area contributed by atoms with Crippen molar-refractivity contribution >= 4 is 15.9 Å². The topological polar surface area (TPSA) is 103 Å². The van der Waals surface area contributed by atoms with Gasteiger partial charge in [-0.2, -0.15) is 0 Å². The molecule has 0 aliphatic carbocycles. The van der Waals surface area contributed by atoms with E-state index in [0.29, 0.717) is 22.8 Å². The summed E-state index contributed by atoms with van der Waals surface area (Å²) >= 11 is 0. The average molecular weight is 394 g/mol. The summed E-state index contributed by atoms with van der Waals surface area (Å²) in [5.74, 6) is 1.17. The van der Waals surface area contributed by atoms with Crippen molar-refractivity contribution in [2.45, 2.75) is 4.90 Å². The highest BCUT2D eigenvalue weighted by atomic mass is 32.2. The Hall–Kier alpha value is -2.78. The number of carbonyl (C=O) groups is 1. The van der Waals surface area contributed by atoms with Gasteiger partial charge in [0.05, 0.1) is 26.2 Å². The van der Waals surface area contributed by atoms with Crippen molar-refractivity contribution in [1.29, 1.82) is 0 Å². The van der Waals surface area contributed by atoms with Crippen molar-refractivity contribution in [2.75, 3.05) is 34.4 Å². The van der Waals surface area contributed by atoms with Gasteiger partial charge in [-0.05, 0) is 42.5 Å². The van der Waals surface area contributed by atoms with Crippen molar-refractivity contribution in [3.63, 3.8) is 0 Å². The lowest BCUT2D eigenvalue weighted by Crippen LogP contribution is -2.34. The van der Waals surface area contributed by atoms with Crippen LogP contribution in [0, 0.1) is 0 Å². The minimum atomic E-state index is -3.66. The molecule has 0 aromatic heterocycles. The molecule has 2 aromatic carbocycles. The second-order valence-corrected chi connectivity index (χ2v) is 7.17. The number of methoxy groups -OCH3 is 3. The van der Waals surface area contributed by atoms with Crippen LogP contribution in [0.1, 0.15) is 10.4 Å². The Morgan fingerprint density at radius 2 is 1.56 bits per heavy atom. The number of rotatable bonds is 9. The molecule has 0 spiro atoms. The normalized spacial score (nSPS) is 10.9. The van der Waals surface area contributed by atoms with Crippen molar-refractivity contribution in [2.24, 2.45) is 0 Å². The first-order valence-electron chi connectivity index (χ1n) is 8.05. The van der Waals surface area contributed by atoms with E-state index >= 15 is 0 Å². The summed E-state index contributed by atoms with van der Waals surface area (Å²) < 4.78 is 42.1. The van der Waals surface area contributed by atoms with Crippen molar-refractivity contribution in [3.8, 4) is 17.2 Å². The smallest absolute Gasteiger partial charge is 0.251 e. The first kappa shape index (κ1) is 20.5. The average Bonchev–Trinajstić information content (AvgIpc) is 2.70. The van der Waals surface area contributed by atoms with E-state index in [1.165, 1.54) is 33.5 Å². The highest BCUT2D eigenvalue weighted by Crippen LogP contribution is 2.27. The van der Waals surface area contributed by atoms with Gasteiger partial charge in [-0.25, -0.2) is 13.1 Å². The number of amides is 1. The molecule has 2 rings (SSSR count). The SMILES string of the molecule is COc1ccc(S(=O)(=O)NCCNC(=O)c2ccc(OC)c(OC)c2)cc1. The predicted molar refractivity (Wildman–Crippen MR) is 100 cm³/mol.